The monoisotopic (exact) mass is 1450 g/mol. The van der Waals surface area contributed by atoms with Gasteiger partial charge in [0.25, 0.3) is 5.79 Å². The standard InChI is InChI=1S/C78H146N2O21/c1-4-6-8-10-12-14-16-18-20-22-24-25-26-27-28-29-30-31-32-34-36-38-40-42-44-46-48-50-52-65(88)80-59(60(85)51-49-47-45-43-41-39-37-35-33-23-21-19-17-15-13-11-9-7-5-2)57-96-75-70(92)69(91)72(64(56-83)98-75)99-76-71(93)74(68(90)63(55-82)97-76)101-78(77(94)95)53-61(86)66(79-58(3)84)73(100-78)67(89)62(87)54-81/h49,51,59-64,66-76,81-83,85-87,89-93H,4-48,50,52-57H2,1-3H3,(H,79,84)(H,80,88)(H,94,95)/b51-49+. The molecule has 2 amide bonds. The highest BCUT2D eigenvalue weighted by atomic mass is 16.8. The molecular weight excluding hydrogens is 1300 g/mol. The Morgan fingerprint density at radius 2 is 0.921 bits per heavy atom. The normalized spacial score (nSPS) is 26.8. The van der Waals surface area contributed by atoms with E-state index in [9.17, 15) is 75.7 Å². The van der Waals surface area contributed by atoms with E-state index < -0.39 is 155 Å². The first-order valence-corrected chi connectivity index (χ1v) is 40.6. The van der Waals surface area contributed by atoms with Gasteiger partial charge in [-0.15, -0.1) is 0 Å². The van der Waals surface area contributed by atoms with Gasteiger partial charge in [0.05, 0.1) is 50.7 Å². The van der Waals surface area contributed by atoms with Gasteiger partial charge in [-0.1, -0.05) is 302 Å². The van der Waals surface area contributed by atoms with Gasteiger partial charge in [-0.3, -0.25) is 9.59 Å². The highest BCUT2D eigenvalue weighted by Gasteiger charge is 2.60. The number of carbonyl (C=O) groups is 3. The van der Waals surface area contributed by atoms with Crippen molar-refractivity contribution in [2.24, 2.45) is 0 Å². The molecule has 23 heteroatoms. The number of aliphatic hydroxyl groups is 11. The smallest absolute Gasteiger partial charge is 0.364 e. The lowest BCUT2D eigenvalue weighted by Gasteiger charge is -2.50. The van der Waals surface area contributed by atoms with Crippen molar-refractivity contribution in [3.05, 3.63) is 12.2 Å². The predicted octanol–water partition coefficient (Wildman–Crippen LogP) is 10.6. The summed E-state index contributed by atoms with van der Waals surface area (Å²) in [5.74, 6) is -6.13. The lowest BCUT2D eigenvalue weighted by molar-refractivity contribution is -0.386. The molecule has 101 heavy (non-hydrogen) atoms. The third kappa shape index (κ3) is 38.2. The largest absolute Gasteiger partial charge is 0.477 e. The quantitative estimate of drug-likeness (QED) is 0.0199. The second kappa shape index (κ2) is 57.6. The van der Waals surface area contributed by atoms with Gasteiger partial charge in [0.1, 0.15) is 67.1 Å². The van der Waals surface area contributed by atoms with Crippen molar-refractivity contribution in [2.45, 2.75) is 439 Å². The van der Waals surface area contributed by atoms with Crippen LogP contribution in [-0.2, 0) is 42.8 Å². The molecule has 18 unspecified atom stereocenters. The van der Waals surface area contributed by atoms with E-state index >= 15 is 0 Å². The summed E-state index contributed by atoms with van der Waals surface area (Å²) in [7, 11) is 0. The van der Waals surface area contributed by atoms with Crippen molar-refractivity contribution in [3.8, 4) is 0 Å². The summed E-state index contributed by atoms with van der Waals surface area (Å²) in [4.78, 5) is 38.7. The van der Waals surface area contributed by atoms with Crippen LogP contribution in [0.4, 0.5) is 0 Å². The first-order valence-electron chi connectivity index (χ1n) is 40.6. The van der Waals surface area contributed by atoms with Crippen LogP contribution >= 0.6 is 0 Å². The summed E-state index contributed by atoms with van der Waals surface area (Å²) in [6.45, 7) is 2.20. The van der Waals surface area contributed by atoms with Gasteiger partial charge in [0, 0.05) is 19.8 Å². The zero-order chi connectivity index (χ0) is 73.9. The number of rotatable bonds is 64. The molecule has 3 saturated heterocycles. The Labute approximate surface area is 607 Å². The van der Waals surface area contributed by atoms with Gasteiger partial charge in [-0.2, -0.15) is 0 Å². The number of hydrogen-bond donors (Lipinski definition) is 14. The van der Waals surface area contributed by atoms with Crippen molar-refractivity contribution in [3.63, 3.8) is 0 Å². The molecule has 0 bridgehead atoms. The molecule has 3 rings (SSSR count). The molecule has 0 radical (unpaired) electrons. The number of aliphatic carboxylic acids is 1. The Morgan fingerprint density at radius 3 is 1.32 bits per heavy atom. The van der Waals surface area contributed by atoms with E-state index in [1.165, 1.54) is 238 Å². The van der Waals surface area contributed by atoms with Crippen molar-refractivity contribution < 1.29 is 104 Å². The van der Waals surface area contributed by atoms with E-state index in [0.29, 0.717) is 12.8 Å². The highest BCUT2D eigenvalue weighted by Crippen LogP contribution is 2.39. The van der Waals surface area contributed by atoms with Crippen molar-refractivity contribution >= 4 is 17.8 Å². The number of carbonyl (C=O) groups excluding carboxylic acids is 2. The molecule has 594 valence electrons. The molecule has 0 aromatic heterocycles. The molecular formula is C78H146N2O21. The van der Waals surface area contributed by atoms with Crippen LogP contribution in [0, 0.1) is 0 Å². The van der Waals surface area contributed by atoms with Gasteiger partial charge in [0.15, 0.2) is 12.6 Å². The Kier molecular flexibility index (Phi) is 52.9. The lowest BCUT2D eigenvalue weighted by Crippen LogP contribution is -2.70. The summed E-state index contributed by atoms with van der Waals surface area (Å²) >= 11 is 0. The number of allylic oxidation sites excluding steroid dienone is 1. The molecule has 3 aliphatic rings. The minimum absolute atomic E-state index is 0.206. The highest BCUT2D eigenvalue weighted by molar-refractivity contribution is 5.77. The average molecular weight is 1450 g/mol. The van der Waals surface area contributed by atoms with Crippen LogP contribution in [0.3, 0.4) is 0 Å². The minimum Gasteiger partial charge on any atom is -0.477 e. The molecule has 0 saturated carbocycles. The van der Waals surface area contributed by atoms with E-state index in [4.69, 9.17) is 28.4 Å². The topological polar surface area (TPSA) is 373 Å². The molecule has 0 aliphatic carbocycles. The van der Waals surface area contributed by atoms with E-state index in [-0.39, 0.29) is 12.3 Å². The first-order chi connectivity index (χ1) is 48.9. The number of hydrogen-bond acceptors (Lipinski definition) is 20. The summed E-state index contributed by atoms with van der Waals surface area (Å²) in [5.41, 5.74) is 0. The van der Waals surface area contributed by atoms with E-state index in [2.05, 4.69) is 24.5 Å². The number of unbranched alkanes of at least 4 members (excludes halogenated alkanes) is 44. The summed E-state index contributed by atoms with van der Waals surface area (Å²) in [6, 6.07) is -2.62. The molecule has 0 aromatic rings. The lowest BCUT2D eigenvalue weighted by atomic mass is 9.88. The molecule has 18 atom stereocenters. The van der Waals surface area contributed by atoms with E-state index in [0.717, 1.165) is 51.9 Å². The van der Waals surface area contributed by atoms with E-state index in [1.807, 2.05) is 6.08 Å². The molecule has 0 aromatic carbocycles. The minimum atomic E-state index is -3.08. The summed E-state index contributed by atoms with van der Waals surface area (Å²) in [5, 5.41) is 136. The average Bonchev–Trinajstić information content (AvgIpc) is 0.756. The van der Waals surface area contributed by atoms with Gasteiger partial charge in [-0.05, 0) is 19.3 Å². The van der Waals surface area contributed by atoms with Crippen LogP contribution < -0.4 is 10.6 Å². The Balaban J connectivity index is 1.50. The Bertz CT molecular complexity index is 2070. The molecule has 3 fully saturated rings. The zero-order valence-corrected chi connectivity index (χ0v) is 62.8. The third-order valence-corrected chi connectivity index (χ3v) is 20.7. The maximum absolute atomic E-state index is 13.5. The fourth-order valence-electron chi connectivity index (χ4n) is 14.3. The second-order valence-electron chi connectivity index (χ2n) is 29.6. The zero-order valence-electron chi connectivity index (χ0n) is 62.8. The number of carboxylic acid groups (broad SMARTS) is 1. The van der Waals surface area contributed by atoms with E-state index in [1.54, 1.807) is 6.08 Å². The fraction of sp³-hybridized carbons (Fsp3) is 0.936. The van der Waals surface area contributed by atoms with Crippen LogP contribution in [0.2, 0.25) is 0 Å². The van der Waals surface area contributed by atoms with Gasteiger partial charge >= 0.3 is 5.97 Å². The molecule has 3 aliphatic heterocycles. The molecule has 23 nitrogen and oxygen atoms in total. The maximum Gasteiger partial charge on any atom is 0.364 e. The second-order valence-corrected chi connectivity index (χ2v) is 29.6. The van der Waals surface area contributed by atoms with Gasteiger partial charge in [-0.25, -0.2) is 4.79 Å². The Morgan fingerprint density at radius 1 is 0.515 bits per heavy atom. The number of ether oxygens (including phenoxy) is 6. The number of nitrogens with one attached hydrogen (secondary N) is 2. The van der Waals surface area contributed by atoms with Gasteiger partial charge < -0.3 is 100 Å². The third-order valence-electron chi connectivity index (χ3n) is 20.7. The number of carboxylic acids is 1. The molecule has 3 heterocycles. The molecule has 14 N–H and O–H groups in total. The molecule has 0 spiro atoms. The van der Waals surface area contributed by atoms with Crippen LogP contribution in [0.1, 0.15) is 329 Å². The van der Waals surface area contributed by atoms with Crippen LogP contribution in [0.5, 0.6) is 0 Å². The maximum atomic E-state index is 13.5. The van der Waals surface area contributed by atoms with Crippen LogP contribution in [0.15, 0.2) is 12.2 Å². The van der Waals surface area contributed by atoms with Crippen molar-refractivity contribution in [1.29, 1.82) is 0 Å². The first kappa shape index (κ1) is 92.7. The van der Waals surface area contributed by atoms with Crippen LogP contribution in [0.25, 0.3) is 0 Å². The predicted molar refractivity (Wildman–Crippen MR) is 389 cm³/mol. The van der Waals surface area contributed by atoms with Crippen molar-refractivity contribution in [1.82, 2.24) is 10.6 Å². The Hall–Kier alpha value is -2.53. The van der Waals surface area contributed by atoms with Crippen molar-refractivity contribution in [2.75, 3.05) is 26.4 Å². The van der Waals surface area contributed by atoms with Crippen LogP contribution in [-0.4, -0.2) is 215 Å². The number of amides is 2. The fourth-order valence-corrected chi connectivity index (χ4v) is 14.3. The number of aliphatic hydroxyl groups excluding tert-OH is 11. The van der Waals surface area contributed by atoms with Gasteiger partial charge in [0.2, 0.25) is 11.8 Å². The summed E-state index contributed by atoms with van der Waals surface area (Å²) in [6.07, 6.45) is 32.5. The SMILES string of the molecule is CCCCCCCCCCCCCCCCCCC/C=C/C(O)C(COC1OC(CO)C(OC2OC(CO)C(O)C(OC3(C(=O)O)CC(O)C(NC(C)=O)C(C(O)C(O)CO)O3)C2O)C(O)C1O)NC(=O)CCCCCCCCCCCCCCCCCCCCCCCCCCCCCC. The summed E-state index contributed by atoms with van der Waals surface area (Å²) < 4.78 is 34.9.